The van der Waals surface area contributed by atoms with Crippen LogP contribution < -0.4 is 10.5 Å². The van der Waals surface area contributed by atoms with Crippen LogP contribution in [-0.4, -0.2) is 30.5 Å². The smallest absolute Gasteiger partial charge is 0.260 e. The molecule has 1 saturated carbocycles. The fraction of sp³-hybridized carbons (Fsp3) is 0.500. The van der Waals surface area contributed by atoms with Crippen molar-refractivity contribution in [2.45, 2.75) is 31.8 Å². The molecule has 0 radical (unpaired) electrons. The Morgan fingerprint density at radius 2 is 2.26 bits per heavy atom. The molecule has 5 heteroatoms. The van der Waals surface area contributed by atoms with E-state index in [1.54, 1.807) is 31.0 Å². The van der Waals surface area contributed by atoms with E-state index in [9.17, 15) is 9.18 Å². The van der Waals surface area contributed by atoms with Crippen LogP contribution in [-0.2, 0) is 4.79 Å². The fourth-order valence-corrected chi connectivity index (χ4v) is 1.88. The molecule has 0 unspecified atom stereocenters. The number of rotatable bonds is 5. The minimum Gasteiger partial charge on any atom is -0.484 e. The number of halogens is 1. The Morgan fingerprint density at radius 1 is 1.58 bits per heavy atom. The number of nitrogens with two attached hydrogens (primary N) is 1. The average molecular weight is 266 g/mol. The van der Waals surface area contributed by atoms with Crippen molar-refractivity contribution in [2.24, 2.45) is 5.73 Å². The molecule has 0 spiro atoms. The standard InChI is InChI=1S/C14H19FN2O2/c1-9(16)12-6-5-11(7-13(12)15)19-8-14(18)17(2)10-3-4-10/h5-7,9-10H,3-4,8,16H2,1-2H3/t9-/m0/s1. The second kappa shape index (κ2) is 5.57. The van der Waals surface area contributed by atoms with Gasteiger partial charge in [0.25, 0.3) is 5.91 Å². The summed E-state index contributed by atoms with van der Waals surface area (Å²) in [5.74, 6) is -0.144. The van der Waals surface area contributed by atoms with Crippen LogP contribution in [0.3, 0.4) is 0 Å². The summed E-state index contributed by atoms with van der Waals surface area (Å²) >= 11 is 0. The summed E-state index contributed by atoms with van der Waals surface area (Å²) < 4.78 is 19.0. The zero-order chi connectivity index (χ0) is 14.0. The van der Waals surface area contributed by atoms with Crippen LogP contribution in [0, 0.1) is 5.82 Å². The van der Waals surface area contributed by atoms with E-state index in [1.807, 2.05) is 0 Å². The molecular formula is C14H19FN2O2. The second-order valence-corrected chi connectivity index (χ2v) is 5.00. The molecule has 4 nitrogen and oxygen atoms in total. The Hall–Kier alpha value is -1.62. The molecule has 0 saturated heterocycles. The number of likely N-dealkylation sites (N-methyl/N-ethyl adjacent to an activating group) is 1. The summed E-state index contributed by atoms with van der Waals surface area (Å²) in [7, 11) is 1.77. The summed E-state index contributed by atoms with van der Waals surface area (Å²) in [6, 6.07) is 4.48. The second-order valence-electron chi connectivity index (χ2n) is 5.00. The molecule has 1 amide bonds. The molecule has 2 N–H and O–H groups in total. The van der Waals surface area contributed by atoms with Gasteiger partial charge in [-0.15, -0.1) is 0 Å². The highest BCUT2D eigenvalue weighted by molar-refractivity contribution is 5.78. The minimum atomic E-state index is -0.407. The summed E-state index contributed by atoms with van der Waals surface area (Å²) in [5.41, 5.74) is 6.06. The van der Waals surface area contributed by atoms with E-state index in [0.29, 0.717) is 17.4 Å². The summed E-state index contributed by atoms with van der Waals surface area (Å²) in [4.78, 5) is 13.4. The molecule has 0 aromatic heterocycles. The Labute approximate surface area is 112 Å². The lowest BCUT2D eigenvalue weighted by molar-refractivity contribution is -0.132. The Bertz CT molecular complexity index is 473. The third-order valence-electron chi connectivity index (χ3n) is 3.31. The van der Waals surface area contributed by atoms with Gasteiger partial charge in [-0.2, -0.15) is 0 Å². The van der Waals surface area contributed by atoms with Crippen LogP contribution in [0.5, 0.6) is 5.75 Å². The first-order chi connectivity index (χ1) is 8.99. The lowest BCUT2D eigenvalue weighted by Gasteiger charge is -2.16. The lowest BCUT2D eigenvalue weighted by Crippen LogP contribution is -2.33. The van der Waals surface area contributed by atoms with Crippen molar-refractivity contribution in [3.63, 3.8) is 0 Å². The van der Waals surface area contributed by atoms with E-state index in [2.05, 4.69) is 0 Å². The Kier molecular flexibility index (Phi) is 4.04. The van der Waals surface area contributed by atoms with Crippen molar-refractivity contribution in [3.05, 3.63) is 29.6 Å². The highest BCUT2D eigenvalue weighted by Crippen LogP contribution is 2.25. The molecule has 0 heterocycles. The van der Waals surface area contributed by atoms with Crippen LogP contribution >= 0.6 is 0 Å². The molecule has 1 aromatic carbocycles. The summed E-state index contributed by atoms with van der Waals surface area (Å²) in [6.07, 6.45) is 2.11. The van der Waals surface area contributed by atoms with Crippen molar-refractivity contribution in [2.75, 3.05) is 13.7 Å². The number of carbonyl (C=O) groups excluding carboxylic acids is 1. The monoisotopic (exact) mass is 266 g/mol. The van der Waals surface area contributed by atoms with Gasteiger partial charge >= 0.3 is 0 Å². The van der Waals surface area contributed by atoms with Gasteiger partial charge in [0, 0.05) is 30.8 Å². The van der Waals surface area contributed by atoms with E-state index in [1.165, 1.54) is 6.07 Å². The van der Waals surface area contributed by atoms with Crippen LogP contribution in [0.15, 0.2) is 18.2 Å². The zero-order valence-corrected chi connectivity index (χ0v) is 11.2. The lowest BCUT2D eigenvalue weighted by atomic mass is 10.1. The van der Waals surface area contributed by atoms with Gasteiger partial charge in [0.2, 0.25) is 0 Å². The molecule has 1 aliphatic carbocycles. The van der Waals surface area contributed by atoms with E-state index >= 15 is 0 Å². The molecule has 104 valence electrons. The molecule has 19 heavy (non-hydrogen) atoms. The first-order valence-electron chi connectivity index (χ1n) is 6.42. The molecule has 1 fully saturated rings. The maximum atomic E-state index is 13.7. The molecule has 0 bridgehead atoms. The van der Waals surface area contributed by atoms with E-state index in [0.717, 1.165) is 12.8 Å². The van der Waals surface area contributed by atoms with Gasteiger partial charge in [-0.3, -0.25) is 4.79 Å². The van der Waals surface area contributed by atoms with Crippen molar-refractivity contribution in [1.82, 2.24) is 4.90 Å². The first-order valence-corrected chi connectivity index (χ1v) is 6.42. The van der Waals surface area contributed by atoms with Gasteiger partial charge in [0.05, 0.1) is 0 Å². The van der Waals surface area contributed by atoms with Crippen molar-refractivity contribution >= 4 is 5.91 Å². The summed E-state index contributed by atoms with van der Waals surface area (Å²) in [6.45, 7) is 1.65. The Balaban J connectivity index is 1.92. The predicted molar refractivity (Wildman–Crippen MR) is 70.3 cm³/mol. The van der Waals surface area contributed by atoms with Gasteiger partial charge in [-0.1, -0.05) is 6.07 Å². The van der Waals surface area contributed by atoms with Crippen molar-refractivity contribution < 1.29 is 13.9 Å². The van der Waals surface area contributed by atoms with Crippen molar-refractivity contribution in [3.8, 4) is 5.75 Å². The number of carbonyl (C=O) groups is 1. The van der Waals surface area contributed by atoms with Crippen LogP contribution in [0.4, 0.5) is 4.39 Å². The summed E-state index contributed by atoms with van der Waals surface area (Å²) in [5, 5.41) is 0. The van der Waals surface area contributed by atoms with Crippen LogP contribution in [0.25, 0.3) is 0 Å². The van der Waals surface area contributed by atoms with Gasteiger partial charge in [0.15, 0.2) is 6.61 Å². The number of ether oxygens (including phenoxy) is 1. The average Bonchev–Trinajstić information content (AvgIpc) is 3.18. The van der Waals surface area contributed by atoms with Gasteiger partial charge in [-0.05, 0) is 25.8 Å². The number of amides is 1. The topological polar surface area (TPSA) is 55.6 Å². The molecule has 1 aromatic rings. The van der Waals surface area contributed by atoms with Gasteiger partial charge < -0.3 is 15.4 Å². The minimum absolute atomic E-state index is 0.0655. The third-order valence-corrected chi connectivity index (χ3v) is 3.31. The largest absolute Gasteiger partial charge is 0.484 e. The normalized spacial score (nSPS) is 16.0. The quantitative estimate of drug-likeness (QED) is 0.884. The van der Waals surface area contributed by atoms with Crippen LogP contribution in [0.1, 0.15) is 31.4 Å². The molecular weight excluding hydrogens is 247 g/mol. The highest BCUT2D eigenvalue weighted by Gasteiger charge is 2.29. The molecule has 1 aliphatic rings. The molecule has 2 rings (SSSR count). The molecule has 0 aliphatic heterocycles. The SMILES string of the molecule is C[C@H](N)c1ccc(OCC(=O)N(C)C2CC2)cc1F. The number of hydrogen-bond donors (Lipinski definition) is 1. The van der Waals surface area contributed by atoms with E-state index in [-0.39, 0.29) is 18.6 Å². The van der Waals surface area contributed by atoms with Crippen LogP contribution in [0.2, 0.25) is 0 Å². The highest BCUT2D eigenvalue weighted by atomic mass is 19.1. The number of nitrogens with zero attached hydrogens (tertiary/aromatic N) is 1. The fourth-order valence-electron chi connectivity index (χ4n) is 1.88. The van der Waals surface area contributed by atoms with Crippen molar-refractivity contribution in [1.29, 1.82) is 0 Å². The molecule has 1 atom stereocenters. The predicted octanol–water partition coefficient (Wildman–Crippen LogP) is 1.84. The van der Waals surface area contributed by atoms with E-state index < -0.39 is 5.82 Å². The maximum Gasteiger partial charge on any atom is 0.260 e. The Morgan fingerprint density at radius 3 is 2.79 bits per heavy atom. The maximum absolute atomic E-state index is 13.7. The first kappa shape index (κ1) is 13.8. The van der Waals surface area contributed by atoms with E-state index in [4.69, 9.17) is 10.5 Å². The van der Waals surface area contributed by atoms with Gasteiger partial charge in [-0.25, -0.2) is 4.39 Å². The number of hydrogen-bond acceptors (Lipinski definition) is 3. The third kappa shape index (κ3) is 3.44. The van der Waals surface area contributed by atoms with Gasteiger partial charge in [0.1, 0.15) is 11.6 Å². The number of benzene rings is 1. The zero-order valence-electron chi connectivity index (χ0n) is 11.2.